The van der Waals surface area contributed by atoms with E-state index in [1.807, 2.05) is 24.3 Å². The molecule has 0 heterocycles. The lowest BCUT2D eigenvalue weighted by Crippen LogP contribution is -2.04. The van der Waals surface area contributed by atoms with Crippen molar-refractivity contribution in [2.75, 3.05) is 13.7 Å². The van der Waals surface area contributed by atoms with E-state index in [9.17, 15) is 0 Å². The molecule has 108 valence electrons. The zero-order valence-electron chi connectivity index (χ0n) is 12.8. The van der Waals surface area contributed by atoms with Crippen molar-refractivity contribution in [3.8, 4) is 11.5 Å². The van der Waals surface area contributed by atoms with Crippen LogP contribution in [0.5, 0.6) is 11.5 Å². The van der Waals surface area contributed by atoms with Gasteiger partial charge in [-0.3, -0.25) is 0 Å². The third kappa shape index (κ3) is 7.09. The molecule has 0 fully saturated rings. The van der Waals surface area contributed by atoms with E-state index in [0.717, 1.165) is 36.4 Å². The molecule has 0 aromatic heterocycles. The lowest BCUT2D eigenvalue weighted by molar-refractivity contribution is 0.275. The minimum absolute atomic E-state index is 0.747. The number of methoxy groups -OCH3 is 1. The van der Waals surface area contributed by atoms with Gasteiger partial charge in [0.2, 0.25) is 0 Å². The highest BCUT2D eigenvalue weighted by molar-refractivity contribution is 5.31. The van der Waals surface area contributed by atoms with Gasteiger partial charge in [-0.2, -0.15) is 0 Å². The number of hydrogen-bond donors (Lipinski definition) is 0. The van der Waals surface area contributed by atoms with Gasteiger partial charge in [0, 0.05) is 0 Å². The molecule has 0 aliphatic heterocycles. The van der Waals surface area contributed by atoms with Gasteiger partial charge in [-0.05, 0) is 42.5 Å². The van der Waals surface area contributed by atoms with E-state index in [1.165, 1.54) is 19.3 Å². The van der Waals surface area contributed by atoms with Gasteiger partial charge in [-0.1, -0.05) is 40.0 Å². The first kappa shape index (κ1) is 15.9. The zero-order valence-corrected chi connectivity index (χ0v) is 12.8. The molecule has 19 heavy (non-hydrogen) atoms. The predicted molar refractivity (Wildman–Crippen MR) is 81.0 cm³/mol. The molecule has 0 aliphatic rings. The molecule has 0 unspecified atom stereocenters. The second-order valence-electron chi connectivity index (χ2n) is 5.74. The van der Waals surface area contributed by atoms with E-state index in [4.69, 9.17) is 9.47 Å². The van der Waals surface area contributed by atoms with Gasteiger partial charge in [0.1, 0.15) is 11.5 Å². The molecular weight excluding hydrogens is 236 g/mol. The lowest BCUT2D eigenvalue weighted by atomic mass is 9.98. The Morgan fingerprint density at radius 2 is 1.53 bits per heavy atom. The van der Waals surface area contributed by atoms with Crippen molar-refractivity contribution in [2.24, 2.45) is 11.8 Å². The van der Waals surface area contributed by atoms with Gasteiger partial charge in [0.15, 0.2) is 0 Å². The van der Waals surface area contributed by atoms with Gasteiger partial charge in [0.05, 0.1) is 13.7 Å². The van der Waals surface area contributed by atoms with E-state index < -0.39 is 0 Å². The molecule has 0 spiro atoms. The van der Waals surface area contributed by atoms with Gasteiger partial charge in [-0.15, -0.1) is 0 Å². The molecule has 1 atom stereocenters. The van der Waals surface area contributed by atoms with Crippen molar-refractivity contribution in [1.82, 2.24) is 0 Å². The van der Waals surface area contributed by atoms with Gasteiger partial charge in [0.25, 0.3) is 0 Å². The van der Waals surface area contributed by atoms with Gasteiger partial charge in [-0.25, -0.2) is 0 Å². The van der Waals surface area contributed by atoms with Crippen LogP contribution in [-0.4, -0.2) is 13.7 Å². The Balaban J connectivity index is 2.14. The summed E-state index contributed by atoms with van der Waals surface area (Å²) in [7, 11) is 1.68. The maximum Gasteiger partial charge on any atom is 0.119 e. The number of hydrogen-bond acceptors (Lipinski definition) is 2. The highest BCUT2D eigenvalue weighted by atomic mass is 16.5. The first-order chi connectivity index (χ1) is 9.11. The van der Waals surface area contributed by atoms with Crippen LogP contribution < -0.4 is 9.47 Å². The lowest BCUT2D eigenvalue weighted by Gasteiger charge is -2.13. The van der Waals surface area contributed by atoms with Crippen LogP contribution in [0.1, 0.15) is 46.5 Å². The van der Waals surface area contributed by atoms with Crippen molar-refractivity contribution in [2.45, 2.75) is 46.5 Å². The molecule has 0 radical (unpaired) electrons. The Bertz CT molecular complexity index is 330. The third-order valence-corrected chi connectivity index (χ3v) is 3.42. The van der Waals surface area contributed by atoms with Crippen LogP contribution >= 0.6 is 0 Å². The van der Waals surface area contributed by atoms with Crippen LogP contribution in [0.25, 0.3) is 0 Å². The van der Waals surface area contributed by atoms with E-state index in [0.29, 0.717) is 0 Å². The minimum atomic E-state index is 0.747. The second-order valence-corrected chi connectivity index (χ2v) is 5.74. The molecule has 1 aromatic carbocycles. The monoisotopic (exact) mass is 264 g/mol. The second kappa shape index (κ2) is 8.84. The third-order valence-electron chi connectivity index (χ3n) is 3.42. The Kier molecular flexibility index (Phi) is 7.39. The number of rotatable bonds is 9. The average molecular weight is 264 g/mol. The largest absolute Gasteiger partial charge is 0.497 e. The Labute approximate surface area is 118 Å². The quantitative estimate of drug-likeness (QED) is 0.630. The van der Waals surface area contributed by atoms with E-state index in [-0.39, 0.29) is 0 Å². The summed E-state index contributed by atoms with van der Waals surface area (Å²) < 4.78 is 10.9. The van der Waals surface area contributed by atoms with E-state index >= 15 is 0 Å². The zero-order chi connectivity index (χ0) is 14.1. The summed E-state index contributed by atoms with van der Waals surface area (Å²) in [6.45, 7) is 7.70. The minimum Gasteiger partial charge on any atom is -0.497 e. The Hall–Kier alpha value is -1.18. The average Bonchev–Trinajstić information content (AvgIpc) is 2.39. The molecule has 0 aliphatic carbocycles. The van der Waals surface area contributed by atoms with Crippen LogP contribution in [0.3, 0.4) is 0 Å². The topological polar surface area (TPSA) is 18.5 Å². The smallest absolute Gasteiger partial charge is 0.119 e. The molecule has 0 saturated carbocycles. The highest BCUT2D eigenvalue weighted by Gasteiger charge is 2.04. The van der Waals surface area contributed by atoms with Crippen molar-refractivity contribution < 1.29 is 9.47 Å². The van der Waals surface area contributed by atoms with E-state index in [1.54, 1.807) is 7.11 Å². The van der Waals surface area contributed by atoms with Crippen molar-refractivity contribution >= 4 is 0 Å². The summed E-state index contributed by atoms with van der Waals surface area (Å²) in [6.07, 6.45) is 5.11. The van der Waals surface area contributed by atoms with Crippen LogP contribution in [0, 0.1) is 11.8 Å². The standard InChI is InChI=1S/C17H28O2/c1-14(2)6-5-7-15(3)12-13-19-17-10-8-16(18-4)9-11-17/h8-11,14-15H,5-7,12-13H2,1-4H3/t15-/m0/s1. The fourth-order valence-corrected chi connectivity index (χ4v) is 2.07. The maximum atomic E-state index is 5.75. The summed E-state index contributed by atoms with van der Waals surface area (Å²) in [5.74, 6) is 3.37. The highest BCUT2D eigenvalue weighted by Crippen LogP contribution is 2.19. The van der Waals surface area contributed by atoms with Crippen molar-refractivity contribution in [3.05, 3.63) is 24.3 Å². The van der Waals surface area contributed by atoms with Crippen LogP contribution in [0.4, 0.5) is 0 Å². The van der Waals surface area contributed by atoms with Gasteiger partial charge < -0.3 is 9.47 Å². The van der Waals surface area contributed by atoms with Crippen LogP contribution in [0.15, 0.2) is 24.3 Å². The van der Waals surface area contributed by atoms with Crippen molar-refractivity contribution in [3.63, 3.8) is 0 Å². The maximum absolute atomic E-state index is 5.75. The molecule has 1 aromatic rings. The number of ether oxygens (including phenoxy) is 2. The summed E-state index contributed by atoms with van der Waals surface area (Å²) in [5, 5.41) is 0. The van der Waals surface area contributed by atoms with E-state index in [2.05, 4.69) is 20.8 Å². The number of benzene rings is 1. The molecule has 1 rings (SSSR count). The van der Waals surface area contributed by atoms with Crippen LogP contribution in [-0.2, 0) is 0 Å². The summed E-state index contributed by atoms with van der Waals surface area (Å²) in [4.78, 5) is 0. The molecule has 2 heteroatoms. The molecule has 2 nitrogen and oxygen atoms in total. The molecule has 0 N–H and O–H groups in total. The summed E-state index contributed by atoms with van der Waals surface area (Å²) >= 11 is 0. The molecular formula is C17H28O2. The van der Waals surface area contributed by atoms with Gasteiger partial charge >= 0.3 is 0 Å². The Morgan fingerprint density at radius 1 is 0.895 bits per heavy atom. The summed E-state index contributed by atoms with van der Waals surface area (Å²) in [5.41, 5.74) is 0. The Morgan fingerprint density at radius 3 is 2.11 bits per heavy atom. The summed E-state index contributed by atoms with van der Waals surface area (Å²) in [6, 6.07) is 7.79. The van der Waals surface area contributed by atoms with Crippen LogP contribution in [0.2, 0.25) is 0 Å². The molecule has 0 amide bonds. The van der Waals surface area contributed by atoms with Crippen molar-refractivity contribution in [1.29, 1.82) is 0 Å². The first-order valence-corrected chi connectivity index (χ1v) is 7.38. The fraction of sp³-hybridized carbons (Fsp3) is 0.647. The fourth-order valence-electron chi connectivity index (χ4n) is 2.07. The molecule has 0 bridgehead atoms. The normalized spacial score (nSPS) is 12.5. The molecule has 0 saturated heterocycles. The first-order valence-electron chi connectivity index (χ1n) is 7.38. The SMILES string of the molecule is COc1ccc(OCC[C@@H](C)CCCC(C)C)cc1. The predicted octanol–water partition coefficient (Wildman–Crippen LogP) is 4.93.